The molecule has 5 aromatic rings. The lowest BCUT2D eigenvalue weighted by Crippen LogP contribution is -2.33. The average molecular weight is 506 g/mol. The van der Waals surface area contributed by atoms with Crippen LogP contribution in [-0.4, -0.2) is 29.6 Å². The first-order valence-electron chi connectivity index (χ1n) is 11.1. The Morgan fingerprint density at radius 1 is 0.972 bits per heavy atom. The number of rotatable bonds is 6. The molecule has 3 aromatic carbocycles. The molecule has 0 saturated carbocycles. The maximum absolute atomic E-state index is 13.1. The lowest BCUT2D eigenvalue weighted by molar-refractivity contribution is -0.139. The molecule has 0 unspecified atom stereocenters. The minimum atomic E-state index is -4.17. The number of sulfonamides is 1. The van der Waals surface area contributed by atoms with Gasteiger partial charge in [0.05, 0.1) is 4.90 Å². The Morgan fingerprint density at radius 2 is 1.72 bits per heavy atom. The van der Waals surface area contributed by atoms with Crippen LogP contribution < -0.4 is 4.72 Å². The number of hydrogen-bond donors (Lipinski definition) is 2. The molecule has 9 nitrogen and oxygen atoms in total. The lowest BCUT2D eigenvalue weighted by atomic mass is 9.97. The van der Waals surface area contributed by atoms with Gasteiger partial charge in [-0.2, -0.15) is 9.71 Å². The predicted molar refractivity (Wildman–Crippen MR) is 133 cm³/mol. The Bertz CT molecular complexity index is 1700. The second kappa shape index (κ2) is 8.58. The van der Waals surface area contributed by atoms with Crippen molar-refractivity contribution in [3.05, 3.63) is 78.2 Å². The molecule has 0 fully saturated rings. The fraction of sp³-hybridized carbons (Fsp3) is 0.192. The van der Waals surface area contributed by atoms with E-state index in [0.29, 0.717) is 33.8 Å². The van der Waals surface area contributed by atoms with Crippen molar-refractivity contribution in [2.24, 2.45) is 0 Å². The van der Waals surface area contributed by atoms with Crippen LogP contribution in [0.4, 0.5) is 0 Å². The number of nitrogens with zero attached hydrogens (tertiary/aromatic N) is 2. The Kier molecular flexibility index (Phi) is 5.65. The average Bonchev–Trinajstić information content (AvgIpc) is 3.47. The van der Waals surface area contributed by atoms with Crippen molar-refractivity contribution in [1.29, 1.82) is 0 Å². The topological polar surface area (TPSA) is 136 Å². The molecule has 0 saturated heterocycles. The third kappa shape index (κ3) is 4.36. The highest BCUT2D eigenvalue weighted by Gasteiger charge is 2.28. The van der Waals surface area contributed by atoms with Gasteiger partial charge >= 0.3 is 5.97 Å². The van der Waals surface area contributed by atoms with Crippen LogP contribution in [0.5, 0.6) is 0 Å². The Balaban J connectivity index is 1.51. The van der Waals surface area contributed by atoms with Crippen LogP contribution in [0.2, 0.25) is 0 Å². The number of carbonyl (C=O) groups is 1. The minimum absolute atomic E-state index is 0.107. The van der Waals surface area contributed by atoms with Crippen molar-refractivity contribution in [3.63, 3.8) is 0 Å². The number of carboxylic acid groups (broad SMARTS) is 1. The van der Waals surface area contributed by atoms with Crippen molar-refractivity contribution in [2.75, 3.05) is 0 Å². The van der Waals surface area contributed by atoms with Crippen LogP contribution in [0.15, 0.2) is 80.6 Å². The molecule has 0 spiro atoms. The number of carboxylic acids is 1. The van der Waals surface area contributed by atoms with E-state index in [1.807, 2.05) is 26.8 Å². The highest BCUT2D eigenvalue weighted by Crippen LogP contribution is 2.34. The van der Waals surface area contributed by atoms with Gasteiger partial charge in [0.15, 0.2) is 0 Å². The second-order valence-corrected chi connectivity index (χ2v) is 11.2. The third-order valence-electron chi connectivity index (χ3n) is 5.73. The number of fused-ring (bicyclic) bond motifs is 3. The van der Waals surface area contributed by atoms with E-state index in [1.165, 1.54) is 12.1 Å². The first-order valence-corrected chi connectivity index (χ1v) is 12.6. The summed E-state index contributed by atoms with van der Waals surface area (Å²) in [6.45, 7) is 5.95. The molecule has 2 aromatic heterocycles. The lowest BCUT2D eigenvalue weighted by Gasteiger charge is -2.15. The standard InChI is InChI=1S/C26H23N3O6S/c1-26(2,3)25-27-23(28-35-25)16-9-12-20-19(13-16)18-11-10-17(14-21(18)34-20)36(32,33)29-22(24(30)31)15-7-5-4-6-8-15/h4-14,22,29H,1-3H3,(H,30,31)/t22-/m0/s1. The maximum Gasteiger partial charge on any atom is 0.326 e. The fourth-order valence-electron chi connectivity index (χ4n) is 3.84. The van der Waals surface area contributed by atoms with E-state index in [-0.39, 0.29) is 10.3 Å². The van der Waals surface area contributed by atoms with Crippen LogP contribution in [0.3, 0.4) is 0 Å². The zero-order chi connectivity index (χ0) is 25.7. The van der Waals surface area contributed by atoms with Crippen LogP contribution in [0.25, 0.3) is 33.3 Å². The van der Waals surface area contributed by atoms with Crippen LogP contribution in [0.1, 0.15) is 38.3 Å². The van der Waals surface area contributed by atoms with Crippen molar-refractivity contribution in [3.8, 4) is 11.4 Å². The highest BCUT2D eigenvalue weighted by atomic mass is 32.2. The van der Waals surface area contributed by atoms with Crippen LogP contribution >= 0.6 is 0 Å². The molecule has 0 amide bonds. The van der Waals surface area contributed by atoms with Crippen LogP contribution in [0, 0.1) is 0 Å². The molecule has 0 aliphatic heterocycles. The van der Waals surface area contributed by atoms with Crippen molar-refractivity contribution >= 4 is 37.9 Å². The molecule has 10 heteroatoms. The quantitative estimate of drug-likeness (QED) is 0.328. The van der Waals surface area contributed by atoms with Gasteiger partial charge in [0, 0.05) is 27.8 Å². The molecule has 2 N–H and O–H groups in total. The molecule has 184 valence electrons. The van der Waals surface area contributed by atoms with Crippen molar-refractivity contribution in [2.45, 2.75) is 37.1 Å². The van der Waals surface area contributed by atoms with E-state index < -0.39 is 22.0 Å². The van der Waals surface area contributed by atoms with Gasteiger partial charge in [-0.05, 0) is 35.9 Å². The summed E-state index contributed by atoms with van der Waals surface area (Å²) in [5, 5.41) is 15.1. The van der Waals surface area contributed by atoms with Gasteiger partial charge in [0.2, 0.25) is 21.7 Å². The molecule has 0 aliphatic rings. The number of furan rings is 1. The Hall–Kier alpha value is -4.02. The molecule has 0 radical (unpaired) electrons. The van der Waals surface area contributed by atoms with E-state index in [2.05, 4.69) is 14.9 Å². The first kappa shape index (κ1) is 23.7. The zero-order valence-corrected chi connectivity index (χ0v) is 20.5. The number of aromatic nitrogens is 2. The third-order valence-corrected chi connectivity index (χ3v) is 7.15. The normalized spacial score (nSPS) is 13.3. The summed E-state index contributed by atoms with van der Waals surface area (Å²) < 4.78 is 39.7. The summed E-state index contributed by atoms with van der Waals surface area (Å²) >= 11 is 0. The van der Waals surface area contributed by atoms with E-state index in [0.717, 1.165) is 10.9 Å². The number of nitrogens with one attached hydrogen (secondary N) is 1. The van der Waals surface area contributed by atoms with E-state index in [4.69, 9.17) is 8.94 Å². The van der Waals surface area contributed by atoms with Crippen molar-refractivity contribution < 1.29 is 27.3 Å². The maximum atomic E-state index is 13.1. The van der Waals surface area contributed by atoms with Crippen molar-refractivity contribution in [1.82, 2.24) is 14.9 Å². The molecular formula is C26H23N3O6S. The first-order chi connectivity index (χ1) is 17.0. The Labute approximate surface area is 206 Å². The van der Waals surface area contributed by atoms with E-state index >= 15 is 0 Å². The van der Waals surface area contributed by atoms with Gasteiger partial charge in [0.25, 0.3) is 0 Å². The second-order valence-electron chi connectivity index (χ2n) is 9.45. The molecule has 36 heavy (non-hydrogen) atoms. The molecular weight excluding hydrogens is 482 g/mol. The van der Waals surface area contributed by atoms with Gasteiger partial charge in [-0.1, -0.05) is 56.3 Å². The number of benzene rings is 3. The number of hydrogen-bond acceptors (Lipinski definition) is 7. The zero-order valence-electron chi connectivity index (χ0n) is 19.7. The predicted octanol–water partition coefficient (Wildman–Crippen LogP) is 5.04. The molecule has 5 rings (SSSR count). The highest BCUT2D eigenvalue weighted by molar-refractivity contribution is 7.89. The summed E-state index contributed by atoms with van der Waals surface area (Å²) in [6.07, 6.45) is 0. The van der Waals surface area contributed by atoms with E-state index in [9.17, 15) is 18.3 Å². The Morgan fingerprint density at radius 3 is 2.39 bits per heavy atom. The molecule has 0 aliphatic carbocycles. The van der Waals surface area contributed by atoms with Gasteiger partial charge in [-0.25, -0.2) is 8.42 Å². The summed E-state index contributed by atoms with van der Waals surface area (Å²) in [5.41, 5.74) is 1.67. The van der Waals surface area contributed by atoms with Gasteiger partial charge < -0.3 is 14.0 Å². The summed E-state index contributed by atoms with van der Waals surface area (Å²) in [7, 11) is -4.17. The summed E-state index contributed by atoms with van der Waals surface area (Å²) in [6, 6.07) is 16.5. The fourth-order valence-corrected chi connectivity index (χ4v) is 5.03. The smallest absolute Gasteiger partial charge is 0.326 e. The molecule has 0 bridgehead atoms. The minimum Gasteiger partial charge on any atom is -0.480 e. The number of aliphatic carboxylic acids is 1. The molecule has 2 heterocycles. The largest absolute Gasteiger partial charge is 0.480 e. The van der Waals surface area contributed by atoms with Gasteiger partial charge in [-0.3, -0.25) is 4.79 Å². The molecule has 1 atom stereocenters. The van der Waals surface area contributed by atoms with Gasteiger partial charge in [0.1, 0.15) is 17.2 Å². The van der Waals surface area contributed by atoms with Crippen LogP contribution in [-0.2, 0) is 20.2 Å². The summed E-state index contributed by atoms with van der Waals surface area (Å²) in [5.74, 6) is -0.342. The monoisotopic (exact) mass is 505 g/mol. The van der Waals surface area contributed by atoms with Gasteiger partial charge in [-0.15, -0.1) is 0 Å². The summed E-state index contributed by atoms with van der Waals surface area (Å²) in [4.78, 5) is 16.2. The SMILES string of the molecule is CC(C)(C)c1nc(-c2ccc3oc4cc(S(=O)(=O)N[C@H](C(=O)O)c5ccccc5)ccc4c3c2)no1. The van der Waals surface area contributed by atoms with E-state index in [1.54, 1.807) is 48.5 Å².